The van der Waals surface area contributed by atoms with Crippen LogP contribution in [0.3, 0.4) is 0 Å². The Kier molecular flexibility index (Phi) is 3.42. The maximum atomic E-state index is 5.87. The third-order valence-electron chi connectivity index (χ3n) is 2.34. The number of aromatic amines is 1. The van der Waals surface area contributed by atoms with Crippen LogP contribution in [0.4, 0.5) is 5.82 Å². The fourth-order valence-corrected chi connectivity index (χ4v) is 4.49. The van der Waals surface area contributed by atoms with E-state index in [1.54, 1.807) is 11.3 Å². The van der Waals surface area contributed by atoms with Crippen LogP contribution in [-0.4, -0.2) is 10.2 Å². The molecule has 0 aliphatic rings. The quantitative estimate of drug-likeness (QED) is 0.831. The number of hydrogen-bond donors (Lipinski definition) is 2. The highest BCUT2D eigenvalue weighted by atomic mass is 79.9. The highest BCUT2D eigenvalue weighted by Gasteiger charge is 2.18. The van der Waals surface area contributed by atoms with Crippen molar-refractivity contribution in [1.29, 1.82) is 0 Å². The fourth-order valence-electron chi connectivity index (χ4n) is 1.67. The van der Waals surface area contributed by atoms with E-state index in [9.17, 15) is 0 Å². The first-order valence-corrected chi connectivity index (χ1v) is 7.20. The second kappa shape index (κ2) is 4.50. The molecule has 2 aromatic heterocycles. The number of halogens is 2. The van der Waals surface area contributed by atoms with Crippen LogP contribution in [0.1, 0.15) is 25.3 Å². The molecule has 0 amide bonds. The Bertz CT molecular complexity index is 516. The lowest BCUT2D eigenvalue weighted by atomic mass is 10.0. The zero-order chi connectivity index (χ0) is 11.9. The van der Waals surface area contributed by atoms with Crippen molar-refractivity contribution in [2.24, 2.45) is 0 Å². The Morgan fingerprint density at radius 2 is 2.12 bits per heavy atom. The SMILES string of the molecule is CC(C)c1c(N)n[nH]c1-c1cc(Br)sc1Br. The number of nitrogen functional groups attached to an aromatic ring is 1. The number of anilines is 1. The van der Waals surface area contributed by atoms with Gasteiger partial charge in [-0.25, -0.2) is 0 Å². The molecule has 6 heteroatoms. The maximum Gasteiger partial charge on any atom is 0.149 e. The van der Waals surface area contributed by atoms with Crippen LogP contribution in [0, 0.1) is 0 Å². The molecule has 16 heavy (non-hydrogen) atoms. The lowest BCUT2D eigenvalue weighted by Gasteiger charge is -2.06. The third kappa shape index (κ3) is 2.06. The smallest absolute Gasteiger partial charge is 0.149 e. The summed E-state index contributed by atoms with van der Waals surface area (Å²) in [5, 5.41) is 7.09. The van der Waals surface area contributed by atoms with E-state index >= 15 is 0 Å². The van der Waals surface area contributed by atoms with Gasteiger partial charge in [0.15, 0.2) is 0 Å². The molecule has 0 fully saturated rings. The summed E-state index contributed by atoms with van der Waals surface area (Å²) in [4.78, 5) is 0. The standard InChI is InChI=1S/C10H11Br2N3S/c1-4(2)7-8(14-15-10(7)13)5-3-6(11)16-9(5)12/h3-4H,1-2H3,(H3,13,14,15). The minimum absolute atomic E-state index is 0.347. The highest BCUT2D eigenvalue weighted by Crippen LogP contribution is 2.41. The summed E-state index contributed by atoms with van der Waals surface area (Å²) in [7, 11) is 0. The summed E-state index contributed by atoms with van der Waals surface area (Å²) in [6.45, 7) is 4.22. The lowest BCUT2D eigenvalue weighted by molar-refractivity contribution is 0.873. The van der Waals surface area contributed by atoms with Crippen LogP contribution in [0.15, 0.2) is 13.6 Å². The molecule has 0 radical (unpaired) electrons. The minimum atomic E-state index is 0.347. The first-order chi connectivity index (χ1) is 7.50. The second-order valence-electron chi connectivity index (χ2n) is 3.79. The zero-order valence-corrected chi connectivity index (χ0v) is 12.8. The Morgan fingerprint density at radius 3 is 2.62 bits per heavy atom. The van der Waals surface area contributed by atoms with E-state index < -0.39 is 0 Å². The van der Waals surface area contributed by atoms with E-state index in [2.05, 4.69) is 62.0 Å². The monoisotopic (exact) mass is 363 g/mol. The first kappa shape index (κ1) is 12.1. The van der Waals surface area contributed by atoms with Crippen molar-refractivity contribution in [3.05, 3.63) is 19.2 Å². The maximum absolute atomic E-state index is 5.87. The number of rotatable bonds is 2. The van der Waals surface area contributed by atoms with E-state index in [4.69, 9.17) is 5.73 Å². The van der Waals surface area contributed by atoms with Crippen molar-refractivity contribution >= 4 is 49.0 Å². The number of nitrogens with two attached hydrogens (primary N) is 1. The predicted octanol–water partition coefficient (Wildman–Crippen LogP) is 4.37. The van der Waals surface area contributed by atoms with Crippen LogP contribution >= 0.6 is 43.2 Å². The molecule has 0 aromatic carbocycles. The van der Waals surface area contributed by atoms with Gasteiger partial charge in [-0.2, -0.15) is 5.10 Å². The van der Waals surface area contributed by atoms with Gasteiger partial charge in [0, 0.05) is 11.1 Å². The molecule has 0 unspecified atom stereocenters. The molecule has 0 saturated carbocycles. The van der Waals surface area contributed by atoms with Gasteiger partial charge in [-0.05, 0) is 43.8 Å². The molecule has 0 atom stereocenters. The van der Waals surface area contributed by atoms with Gasteiger partial charge in [0.25, 0.3) is 0 Å². The molecule has 3 N–H and O–H groups in total. The molecule has 86 valence electrons. The van der Waals surface area contributed by atoms with Crippen molar-refractivity contribution < 1.29 is 0 Å². The summed E-state index contributed by atoms with van der Waals surface area (Å²) >= 11 is 8.66. The number of aromatic nitrogens is 2. The lowest BCUT2D eigenvalue weighted by Crippen LogP contribution is -1.94. The number of nitrogens with one attached hydrogen (secondary N) is 1. The van der Waals surface area contributed by atoms with Crippen molar-refractivity contribution in [2.45, 2.75) is 19.8 Å². The minimum Gasteiger partial charge on any atom is -0.382 e. The number of thiophene rings is 1. The van der Waals surface area contributed by atoms with E-state index in [0.717, 1.165) is 24.4 Å². The summed E-state index contributed by atoms with van der Waals surface area (Å²) in [5.74, 6) is 0.929. The Labute approximate surface area is 115 Å². The molecule has 0 aliphatic heterocycles. The molecule has 2 rings (SSSR count). The van der Waals surface area contributed by atoms with Crippen molar-refractivity contribution in [3.63, 3.8) is 0 Å². The molecular weight excluding hydrogens is 354 g/mol. The molecule has 2 heterocycles. The van der Waals surface area contributed by atoms with Crippen molar-refractivity contribution in [3.8, 4) is 11.3 Å². The van der Waals surface area contributed by atoms with Gasteiger partial charge in [0.05, 0.1) is 13.3 Å². The second-order valence-corrected chi connectivity index (χ2v) is 7.54. The van der Waals surface area contributed by atoms with Crippen molar-refractivity contribution in [2.75, 3.05) is 5.73 Å². The Hall–Kier alpha value is -0.330. The van der Waals surface area contributed by atoms with Crippen LogP contribution < -0.4 is 5.73 Å². The van der Waals surface area contributed by atoms with Crippen LogP contribution in [0.25, 0.3) is 11.3 Å². The molecule has 3 nitrogen and oxygen atoms in total. The van der Waals surface area contributed by atoms with Gasteiger partial charge < -0.3 is 5.73 Å². The highest BCUT2D eigenvalue weighted by molar-refractivity contribution is 9.12. The average molecular weight is 365 g/mol. The van der Waals surface area contributed by atoms with Crippen LogP contribution in [-0.2, 0) is 0 Å². The summed E-state index contributed by atoms with van der Waals surface area (Å²) < 4.78 is 2.15. The van der Waals surface area contributed by atoms with E-state index in [-0.39, 0.29) is 0 Å². The Balaban J connectivity index is 2.60. The molecular formula is C10H11Br2N3S. The summed E-state index contributed by atoms with van der Waals surface area (Å²) in [6.07, 6.45) is 0. The third-order valence-corrected chi connectivity index (χ3v) is 4.68. The Morgan fingerprint density at radius 1 is 1.44 bits per heavy atom. The van der Waals surface area contributed by atoms with Crippen LogP contribution in [0.2, 0.25) is 0 Å². The normalized spacial score (nSPS) is 11.3. The zero-order valence-electron chi connectivity index (χ0n) is 8.84. The number of H-pyrrole nitrogens is 1. The van der Waals surface area contributed by atoms with E-state index in [1.165, 1.54) is 0 Å². The molecule has 0 bridgehead atoms. The van der Waals surface area contributed by atoms with Gasteiger partial charge in [-0.3, -0.25) is 5.10 Å². The summed E-state index contributed by atoms with van der Waals surface area (Å²) in [6, 6.07) is 2.06. The molecule has 0 spiro atoms. The topological polar surface area (TPSA) is 54.7 Å². The average Bonchev–Trinajstić information content (AvgIpc) is 2.69. The van der Waals surface area contributed by atoms with Crippen LogP contribution in [0.5, 0.6) is 0 Å². The molecule has 0 saturated heterocycles. The molecule has 2 aromatic rings. The largest absolute Gasteiger partial charge is 0.382 e. The van der Waals surface area contributed by atoms with E-state index in [0.29, 0.717) is 11.7 Å². The fraction of sp³-hybridized carbons (Fsp3) is 0.300. The molecule has 0 aliphatic carbocycles. The number of hydrogen-bond acceptors (Lipinski definition) is 3. The summed E-state index contributed by atoms with van der Waals surface area (Å²) in [5.41, 5.74) is 9.05. The van der Waals surface area contributed by atoms with Gasteiger partial charge >= 0.3 is 0 Å². The number of nitrogens with zero attached hydrogens (tertiary/aromatic N) is 1. The van der Waals surface area contributed by atoms with Crippen molar-refractivity contribution in [1.82, 2.24) is 10.2 Å². The van der Waals surface area contributed by atoms with E-state index in [1.807, 2.05) is 0 Å². The van der Waals surface area contributed by atoms with Gasteiger partial charge in [-0.1, -0.05) is 13.8 Å². The van der Waals surface area contributed by atoms with Gasteiger partial charge in [-0.15, -0.1) is 11.3 Å². The first-order valence-electron chi connectivity index (χ1n) is 4.79. The van der Waals surface area contributed by atoms with Gasteiger partial charge in [0.2, 0.25) is 0 Å². The van der Waals surface area contributed by atoms with Gasteiger partial charge in [0.1, 0.15) is 5.82 Å². The predicted molar refractivity (Wildman–Crippen MR) is 75.8 cm³/mol.